The van der Waals surface area contributed by atoms with E-state index in [1.54, 1.807) is 13.0 Å². The van der Waals surface area contributed by atoms with Crippen LogP contribution in [0.4, 0.5) is 4.79 Å². The Bertz CT molecular complexity index is 652. The van der Waals surface area contributed by atoms with Gasteiger partial charge in [0, 0.05) is 5.70 Å². The summed E-state index contributed by atoms with van der Waals surface area (Å²) in [4.78, 5) is 24.1. The van der Waals surface area contributed by atoms with Gasteiger partial charge < -0.3 is 20.1 Å². The Hall–Kier alpha value is -2.76. The van der Waals surface area contributed by atoms with Crippen molar-refractivity contribution < 1.29 is 19.1 Å². The maximum atomic E-state index is 12.3. The molecule has 0 aliphatic carbocycles. The van der Waals surface area contributed by atoms with Gasteiger partial charge in [-0.2, -0.15) is 0 Å². The van der Waals surface area contributed by atoms with E-state index in [1.165, 1.54) is 6.08 Å². The molecule has 1 unspecified atom stereocenters. The van der Waals surface area contributed by atoms with Crippen molar-refractivity contribution in [3.8, 4) is 5.75 Å². The van der Waals surface area contributed by atoms with Gasteiger partial charge in [-0.3, -0.25) is 0 Å². The lowest BCUT2D eigenvalue weighted by atomic mass is 9.95. The van der Waals surface area contributed by atoms with Crippen molar-refractivity contribution in [2.75, 3.05) is 13.2 Å². The first kappa shape index (κ1) is 16.6. The molecular formula is C17H20N2O4. The monoisotopic (exact) mass is 316 g/mol. The number of carbonyl (C=O) groups is 2. The molecule has 23 heavy (non-hydrogen) atoms. The number of allylic oxidation sites excluding steroid dienone is 1. The lowest BCUT2D eigenvalue weighted by Crippen LogP contribution is -2.45. The van der Waals surface area contributed by atoms with E-state index in [2.05, 4.69) is 17.2 Å². The number of hydrogen-bond acceptors (Lipinski definition) is 4. The SMILES string of the molecule is C=CCOC(=O)C1=C(C)NC(=O)NC1c1cccc(OCC)c1. The Balaban J connectivity index is 2.38. The molecule has 122 valence electrons. The normalized spacial score (nSPS) is 17.1. The van der Waals surface area contributed by atoms with Crippen molar-refractivity contribution in [1.82, 2.24) is 10.6 Å². The van der Waals surface area contributed by atoms with E-state index < -0.39 is 12.0 Å². The molecule has 0 bridgehead atoms. The maximum absolute atomic E-state index is 12.3. The zero-order chi connectivity index (χ0) is 16.8. The van der Waals surface area contributed by atoms with Crippen LogP contribution in [0.5, 0.6) is 5.75 Å². The van der Waals surface area contributed by atoms with Crippen LogP contribution in [0, 0.1) is 0 Å². The number of ether oxygens (including phenoxy) is 2. The highest BCUT2D eigenvalue weighted by Crippen LogP contribution is 2.29. The minimum absolute atomic E-state index is 0.106. The van der Waals surface area contributed by atoms with Crippen molar-refractivity contribution in [3.05, 3.63) is 53.8 Å². The summed E-state index contributed by atoms with van der Waals surface area (Å²) >= 11 is 0. The fourth-order valence-electron chi connectivity index (χ4n) is 2.38. The van der Waals surface area contributed by atoms with Gasteiger partial charge in [-0.05, 0) is 31.5 Å². The van der Waals surface area contributed by atoms with Crippen LogP contribution in [-0.4, -0.2) is 25.2 Å². The molecule has 0 radical (unpaired) electrons. The lowest BCUT2D eigenvalue weighted by Gasteiger charge is -2.28. The Morgan fingerprint density at radius 1 is 1.43 bits per heavy atom. The van der Waals surface area contributed by atoms with E-state index in [1.807, 2.05) is 25.1 Å². The topological polar surface area (TPSA) is 76.7 Å². The summed E-state index contributed by atoms with van der Waals surface area (Å²) in [5.41, 5.74) is 1.57. The van der Waals surface area contributed by atoms with Crippen molar-refractivity contribution in [2.24, 2.45) is 0 Å². The number of urea groups is 1. The van der Waals surface area contributed by atoms with E-state index in [-0.39, 0.29) is 12.6 Å². The van der Waals surface area contributed by atoms with Crippen molar-refractivity contribution in [3.63, 3.8) is 0 Å². The van der Waals surface area contributed by atoms with Gasteiger partial charge in [0.15, 0.2) is 0 Å². The third-order valence-electron chi connectivity index (χ3n) is 3.32. The summed E-state index contributed by atoms with van der Waals surface area (Å²) in [5, 5.41) is 5.35. The molecule has 2 rings (SSSR count). The third-order valence-corrected chi connectivity index (χ3v) is 3.32. The number of rotatable bonds is 6. The van der Waals surface area contributed by atoms with Crippen LogP contribution >= 0.6 is 0 Å². The highest BCUT2D eigenvalue weighted by atomic mass is 16.5. The third kappa shape index (κ3) is 3.91. The van der Waals surface area contributed by atoms with Gasteiger partial charge in [0.1, 0.15) is 12.4 Å². The molecule has 1 aromatic rings. The molecule has 2 N–H and O–H groups in total. The maximum Gasteiger partial charge on any atom is 0.338 e. The quantitative estimate of drug-likeness (QED) is 0.624. The fourth-order valence-corrected chi connectivity index (χ4v) is 2.38. The highest BCUT2D eigenvalue weighted by Gasteiger charge is 2.32. The van der Waals surface area contributed by atoms with Crippen molar-refractivity contribution in [2.45, 2.75) is 19.9 Å². The van der Waals surface area contributed by atoms with E-state index in [9.17, 15) is 9.59 Å². The predicted molar refractivity (Wildman–Crippen MR) is 85.9 cm³/mol. The first-order chi connectivity index (χ1) is 11.1. The molecule has 1 atom stereocenters. The summed E-state index contributed by atoms with van der Waals surface area (Å²) in [7, 11) is 0. The largest absolute Gasteiger partial charge is 0.494 e. The average molecular weight is 316 g/mol. The molecule has 0 aromatic heterocycles. The molecule has 6 heteroatoms. The van der Waals surface area contributed by atoms with Crippen molar-refractivity contribution in [1.29, 1.82) is 0 Å². The Labute approximate surface area is 135 Å². The van der Waals surface area contributed by atoms with E-state index >= 15 is 0 Å². The minimum Gasteiger partial charge on any atom is -0.494 e. The highest BCUT2D eigenvalue weighted by molar-refractivity contribution is 5.95. The Morgan fingerprint density at radius 2 is 2.22 bits per heavy atom. The van der Waals surface area contributed by atoms with Gasteiger partial charge in [-0.15, -0.1) is 0 Å². The molecule has 0 saturated carbocycles. The van der Waals surface area contributed by atoms with Gasteiger partial charge >= 0.3 is 12.0 Å². The first-order valence-electron chi connectivity index (χ1n) is 7.35. The zero-order valence-corrected chi connectivity index (χ0v) is 13.2. The molecule has 1 heterocycles. The van der Waals surface area contributed by atoms with E-state index in [0.29, 0.717) is 23.6 Å². The van der Waals surface area contributed by atoms with E-state index in [0.717, 1.165) is 5.56 Å². The van der Waals surface area contributed by atoms with Crippen LogP contribution in [0.3, 0.4) is 0 Å². The molecule has 6 nitrogen and oxygen atoms in total. The molecule has 1 aliphatic heterocycles. The van der Waals surface area contributed by atoms with Crippen LogP contribution in [0.25, 0.3) is 0 Å². The molecule has 1 aliphatic rings. The number of benzene rings is 1. The molecule has 0 spiro atoms. The van der Waals surface area contributed by atoms with Crippen LogP contribution in [-0.2, 0) is 9.53 Å². The second kappa shape index (κ2) is 7.49. The number of amides is 2. The minimum atomic E-state index is -0.596. The van der Waals surface area contributed by atoms with Gasteiger partial charge in [0.2, 0.25) is 0 Å². The number of esters is 1. The van der Waals surface area contributed by atoms with Crippen LogP contribution in [0.15, 0.2) is 48.2 Å². The Morgan fingerprint density at radius 3 is 2.91 bits per heavy atom. The van der Waals surface area contributed by atoms with Crippen LogP contribution in [0.2, 0.25) is 0 Å². The first-order valence-corrected chi connectivity index (χ1v) is 7.35. The van der Waals surface area contributed by atoms with Gasteiger partial charge in [0.05, 0.1) is 18.2 Å². The van der Waals surface area contributed by atoms with Gasteiger partial charge in [0.25, 0.3) is 0 Å². The zero-order valence-electron chi connectivity index (χ0n) is 13.2. The summed E-state index contributed by atoms with van der Waals surface area (Å²) in [6, 6.07) is 6.30. The second-order valence-corrected chi connectivity index (χ2v) is 4.96. The summed E-state index contributed by atoms with van der Waals surface area (Å²) < 4.78 is 10.6. The number of carbonyl (C=O) groups excluding carboxylic acids is 2. The molecule has 2 amide bonds. The molecular weight excluding hydrogens is 296 g/mol. The van der Waals surface area contributed by atoms with Crippen LogP contribution in [0.1, 0.15) is 25.5 Å². The molecule has 1 aromatic carbocycles. The smallest absolute Gasteiger partial charge is 0.338 e. The Kier molecular flexibility index (Phi) is 5.41. The standard InChI is InChI=1S/C17H20N2O4/c1-4-9-23-16(20)14-11(3)18-17(21)19-15(14)12-7-6-8-13(10-12)22-5-2/h4,6-8,10,15H,1,5,9H2,2-3H3,(H2,18,19,21). The molecule has 0 fully saturated rings. The molecule has 0 saturated heterocycles. The fraction of sp³-hybridized carbons (Fsp3) is 0.294. The van der Waals surface area contributed by atoms with Gasteiger partial charge in [-0.1, -0.05) is 24.8 Å². The van der Waals surface area contributed by atoms with Crippen molar-refractivity contribution >= 4 is 12.0 Å². The average Bonchev–Trinajstić information content (AvgIpc) is 2.52. The second-order valence-electron chi connectivity index (χ2n) is 4.96. The number of hydrogen-bond donors (Lipinski definition) is 2. The van der Waals surface area contributed by atoms with E-state index in [4.69, 9.17) is 9.47 Å². The predicted octanol–water partition coefficient (Wildman–Crippen LogP) is 2.44. The van der Waals surface area contributed by atoms with Gasteiger partial charge in [-0.25, -0.2) is 9.59 Å². The lowest BCUT2D eigenvalue weighted by molar-refractivity contribution is -0.138. The van der Waals surface area contributed by atoms with Crippen LogP contribution < -0.4 is 15.4 Å². The summed E-state index contributed by atoms with van der Waals surface area (Å²) in [6.07, 6.45) is 1.49. The number of nitrogens with one attached hydrogen (secondary N) is 2. The summed E-state index contributed by atoms with van der Waals surface area (Å²) in [6.45, 7) is 7.72. The summed E-state index contributed by atoms with van der Waals surface area (Å²) in [5.74, 6) is 0.177.